The van der Waals surface area contributed by atoms with Gasteiger partial charge in [-0.3, -0.25) is 14.4 Å². The van der Waals surface area contributed by atoms with Crippen LogP contribution >= 0.6 is 0 Å². The third-order valence-corrected chi connectivity index (χ3v) is 7.43. The molecule has 3 aliphatic rings. The van der Waals surface area contributed by atoms with E-state index >= 15 is 0 Å². The van der Waals surface area contributed by atoms with Gasteiger partial charge in [-0.25, -0.2) is 4.79 Å². The van der Waals surface area contributed by atoms with Gasteiger partial charge in [0.05, 0.1) is 37.1 Å². The molecule has 0 spiro atoms. The number of hydrogen-bond acceptors (Lipinski definition) is 5. The lowest BCUT2D eigenvalue weighted by molar-refractivity contribution is -0.0747. The topological polar surface area (TPSA) is 73.7 Å². The normalized spacial score (nSPS) is 23.3. The number of benzene rings is 2. The van der Waals surface area contributed by atoms with Gasteiger partial charge in [0.1, 0.15) is 6.61 Å². The second kappa shape index (κ2) is 8.40. The largest absolute Gasteiger partial charge is 0.448 e. The van der Waals surface area contributed by atoms with Crippen LogP contribution in [0.4, 0.5) is 4.79 Å². The number of ketones is 1. The van der Waals surface area contributed by atoms with Crippen molar-refractivity contribution in [1.82, 2.24) is 14.7 Å². The number of hydrogen-bond donors (Lipinski definition) is 0. The zero-order valence-electron chi connectivity index (χ0n) is 19.1. The number of carbonyl (C=O) groups excluding carboxylic acids is 2. The van der Waals surface area contributed by atoms with Crippen molar-refractivity contribution < 1.29 is 19.1 Å². The number of carbonyl (C=O) groups is 2. The summed E-state index contributed by atoms with van der Waals surface area (Å²) in [5.74, 6) is -0.0185. The number of piperidine rings is 1. The van der Waals surface area contributed by atoms with Gasteiger partial charge in [-0.2, -0.15) is 5.10 Å². The van der Waals surface area contributed by atoms with E-state index in [9.17, 15) is 9.59 Å². The molecule has 1 aromatic heterocycles. The summed E-state index contributed by atoms with van der Waals surface area (Å²) in [7, 11) is 1.80. The SMILES string of the molecule is Cn1cc(C(=O)C2CC3COCC(C2)N3C(=O)OCC2c3ccccc3-c3ccccc32)cn1. The van der Waals surface area contributed by atoms with Crippen molar-refractivity contribution >= 4 is 11.9 Å². The van der Waals surface area contributed by atoms with E-state index in [2.05, 4.69) is 29.4 Å². The zero-order chi connectivity index (χ0) is 23.2. The number of morpholine rings is 1. The summed E-state index contributed by atoms with van der Waals surface area (Å²) >= 11 is 0. The number of nitrogens with zero attached hydrogens (tertiary/aromatic N) is 3. The fourth-order valence-corrected chi connectivity index (χ4v) is 5.88. The number of aryl methyl sites for hydroxylation is 1. The maximum Gasteiger partial charge on any atom is 0.410 e. The molecule has 7 heteroatoms. The quantitative estimate of drug-likeness (QED) is 0.553. The third kappa shape index (κ3) is 3.51. The lowest BCUT2D eigenvalue weighted by atomic mass is 9.81. The van der Waals surface area contributed by atoms with E-state index in [0.717, 1.165) is 0 Å². The van der Waals surface area contributed by atoms with Crippen LogP contribution in [0.25, 0.3) is 11.1 Å². The van der Waals surface area contributed by atoms with Crippen LogP contribution in [0.15, 0.2) is 60.9 Å². The van der Waals surface area contributed by atoms with Gasteiger partial charge in [0.2, 0.25) is 0 Å². The van der Waals surface area contributed by atoms with Crippen molar-refractivity contribution in [2.75, 3.05) is 19.8 Å². The first-order chi connectivity index (χ1) is 16.6. The van der Waals surface area contributed by atoms with Crippen molar-refractivity contribution in [1.29, 1.82) is 0 Å². The molecule has 2 fully saturated rings. The first-order valence-electron chi connectivity index (χ1n) is 11.8. The summed E-state index contributed by atoms with van der Waals surface area (Å²) in [5.41, 5.74) is 5.43. The first-order valence-corrected chi connectivity index (χ1v) is 11.8. The number of amides is 1. The molecule has 6 rings (SSSR count). The maximum atomic E-state index is 13.3. The summed E-state index contributed by atoms with van der Waals surface area (Å²) in [6.07, 6.45) is 4.22. The Bertz CT molecular complexity index is 1190. The molecule has 7 nitrogen and oxygen atoms in total. The van der Waals surface area contributed by atoms with E-state index in [-0.39, 0.29) is 35.8 Å². The van der Waals surface area contributed by atoms with Crippen LogP contribution in [0.1, 0.15) is 40.2 Å². The Balaban J connectivity index is 1.17. The number of ether oxygens (including phenoxy) is 2. The molecule has 0 radical (unpaired) electrons. The van der Waals surface area contributed by atoms with Gasteiger partial charge in [-0.15, -0.1) is 0 Å². The highest BCUT2D eigenvalue weighted by Gasteiger charge is 2.45. The molecule has 3 aromatic rings. The predicted octanol–water partition coefficient (Wildman–Crippen LogP) is 4.03. The summed E-state index contributed by atoms with van der Waals surface area (Å²) in [5, 5.41) is 4.13. The molecule has 2 bridgehead atoms. The lowest BCUT2D eigenvalue weighted by Crippen LogP contribution is -2.60. The number of rotatable bonds is 4. The molecular formula is C27H27N3O4. The lowest BCUT2D eigenvalue weighted by Gasteiger charge is -2.47. The van der Waals surface area contributed by atoms with E-state index in [1.807, 2.05) is 29.2 Å². The van der Waals surface area contributed by atoms with Crippen molar-refractivity contribution in [3.05, 3.63) is 77.6 Å². The molecule has 34 heavy (non-hydrogen) atoms. The predicted molar refractivity (Wildman–Crippen MR) is 126 cm³/mol. The van der Waals surface area contributed by atoms with E-state index in [1.165, 1.54) is 22.3 Å². The van der Waals surface area contributed by atoms with Crippen LogP contribution in [0.3, 0.4) is 0 Å². The van der Waals surface area contributed by atoms with E-state index in [1.54, 1.807) is 24.1 Å². The van der Waals surface area contributed by atoms with Gasteiger partial charge in [0.15, 0.2) is 5.78 Å². The molecule has 1 aliphatic carbocycles. The second-order valence-corrected chi connectivity index (χ2v) is 9.49. The summed E-state index contributed by atoms with van der Waals surface area (Å²) < 4.78 is 13.3. The fraction of sp³-hybridized carbons (Fsp3) is 0.370. The highest BCUT2D eigenvalue weighted by atomic mass is 16.6. The van der Waals surface area contributed by atoms with Crippen molar-refractivity contribution in [3.8, 4) is 11.1 Å². The van der Waals surface area contributed by atoms with Crippen LogP contribution in [0.5, 0.6) is 0 Å². The Kier molecular flexibility index (Phi) is 5.21. The average Bonchev–Trinajstić information content (AvgIpc) is 3.42. The van der Waals surface area contributed by atoms with Gasteiger partial charge in [0.25, 0.3) is 0 Å². The second-order valence-electron chi connectivity index (χ2n) is 9.49. The molecule has 2 atom stereocenters. The number of aromatic nitrogens is 2. The summed E-state index contributed by atoms with van der Waals surface area (Å²) in [4.78, 5) is 28.1. The average molecular weight is 458 g/mol. The minimum atomic E-state index is -0.313. The minimum Gasteiger partial charge on any atom is -0.448 e. The Morgan fingerprint density at radius 2 is 1.62 bits per heavy atom. The monoisotopic (exact) mass is 457 g/mol. The molecule has 0 N–H and O–H groups in total. The van der Waals surface area contributed by atoms with Crippen molar-refractivity contribution in [2.24, 2.45) is 13.0 Å². The highest BCUT2D eigenvalue weighted by molar-refractivity contribution is 5.97. The highest BCUT2D eigenvalue weighted by Crippen LogP contribution is 2.44. The minimum absolute atomic E-state index is 0.0251. The van der Waals surface area contributed by atoms with Gasteiger partial charge in [0, 0.05) is 25.1 Å². The summed E-state index contributed by atoms with van der Waals surface area (Å²) in [6, 6.07) is 16.3. The van der Waals surface area contributed by atoms with E-state index in [0.29, 0.717) is 38.2 Å². The number of fused-ring (bicyclic) bond motifs is 5. The Labute approximate surface area is 198 Å². The molecule has 2 aromatic carbocycles. The van der Waals surface area contributed by atoms with Crippen LogP contribution in [-0.2, 0) is 16.5 Å². The number of Topliss-reactive ketones (excluding diaryl/α,β-unsaturated/α-hetero) is 1. The van der Waals surface area contributed by atoms with Crippen LogP contribution in [0, 0.1) is 5.92 Å². The molecule has 1 amide bonds. The van der Waals surface area contributed by atoms with Gasteiger partial charge in [-0.05, 0) is 35.1 Å². The zero-order valence-corrected chi connectivity index (χ0v) is 19.1. The standard InChI is InChI=1S/C27H27N3O4/c1-29-13-18(12-28-29)26(31)17-10-19-14-33-15-20(11-17)30(19)27(32)34-16-25-23-8-4-2-6-21(23)22-7-3-5-9-24(22)25/h2-9,12-13,17,19-20,25H,10-11,14-16H2,1H3. The molecule has 2 aliphatic heterocycles. The van der Waals surface area contributed by atoms with Crippen molar-refractivity contribution in [2.45, 2.75) is 30.8 Å². The van der Waals surface area contributed by atoms with Gasteiger partial charge >= 0.3 is 6.09 Å². The Morgan fingerprint density at radius 1 is 1.00 bits per heavy atom. The Morgan fingerprint density at radius 3 is 2.21 bits per heavy atom. The van der Waals surface area contributed by atoms with Gasteiger partial charge < -0.3 is 9.47 Å². The molecular weight excluding hydrogens is 430 g/mol. The first kappa shape index (κ1) is 21.1. The summed E-state index contributed by atoms with van der Waals surface area (Å²) in [6.45, 7) is 1.15. The van der Waals surface area contributed by atoms with Crippen LogP contribution < -0.4 is 0 Å². The molecule has 0 saturated carbocycles. The van der Waals surface area contributed by atoms with Crippen molar-refractivity contribution in [3.63, 3.8) is 0 Å². The molecule has 2 unspecified atom stereocenters. The Hall–Kier alpha value is -3.45. The van der Waals surface area contributed by atoms with Gasteiger partial charge in [-0.1, -0.05) is 48.5 Å². The molecule has 3 heterocycles. The van der Waals surface area contributed by atoms with Crippen LogP contribution in [-0.4, -0.2) is 58.5 Å². The smallest absolute Gasteiger partial charge is 0.410 e. The van der Waals surface area contributed by atoms with E-state index in [4.69, 9.17) is 9.47 Å². The molecule has 2 saturated heterocycles. The van der Waals surface area contributed by atoms with Crippen LogP contribution in [0.2, 0.25) is 0 Å². The maximum absolute atomic E-state index is 13.3. The van der Waals surface area contributed by atoms with E-state index < -0.39 is 0 Å². The third-order valence-electron chi connectivity index (χ3n) is 7.43. The molecule has 174 valence electrons. The fourth-order valence-electron chi connectivity index (χ4n) is 5.88.